The van der Waals surface area contributed by atoms with Crippen LogP contribution in [0.25, 0.3) is 5.65 Å². The van der Waals surface area contributed by atoms with Crippen molar-refractivity contribution in [3.8, 4) is 0 Å². The number of anilines is 1. The summed E-state index contributed by atoms with van der Waals surface area (Å²) in [6, 6.07) is 5.53. The van der Waals surface area contributed by atoms with Crippen LogP contribution in [0.2, 0.25) is 0 Å². The molecule has 92 valence electrons. The Morgan fingerprint density at radius 1 is 1.41 bits per heavy atom. The van der Waals surface area contributed by atoms with Gasteiger partial charge in [0, 0.05) is 12.7 Å². The van der Waals surface area contributed by atoms with E-state index in [1.165, 1.54) is 0 Å². The van der Waals surface area contributed by atoms with Crippen LogP contribution in [-0.2, 0) is 4.74 Å². The molecule has 0 atom stereocenters. The van der Waals surface area contributed by atoms with Crippen LogP contribution in [0, 0.1) is 0 Å². The van der Waals surface area contributed by atoms with Crippen molar-refractivity contribution in [2.45, 2.75) is 6.43 Å². The van der Waals surface area contributed by atoms with Gasteiger partial charge < -0.3 is 10.1 Å². The fourth-order valence-electron chi connectivity index (χ4n) is 1.31. The molecule has 0 fully saturated rings. The van der Waals surface area contributed by atoms with Crippen LogP contribution in [0.15, 0.2) is 24.4 Å². The Balaban J connectivity index is 1.79. The Hall–Kier alpha value is -1.76. The second-order valence-electron chi connectivity index (χ2n) is 3.33. The average molecular weight is 242 g/mol. The van der Waals surface area contributed by atoms with Gasteiger partial charge in [0.25, 0.3) is 6.43 Å². The lowest BCUT2D eigenvalue weighted by Crippen LogP contribution is -2.13. The van der Waals surface area contributed by atoms with E-state index < -0.39 is 13.0 Å². The summed E-state index contributed by atoms with van der Waals surface area (Å²) in [6.07, 6.45) is -0.649. The van der Waals surface area contributed by atoms with E-state index >= 15 is 0 Å². The van der Waals surface area contributed by atoms with Crippen molar-refractivity contribution in [3.63, 3.8) is 0 Å². The molecule has 0 saturated heterocycles. The number of hydrogen-bond donors (Lipinski definition) is 1. The Morgan fingerprint density at radius 3 is 3.06 bits per heavy atom. The molecule has 0 aliphatic heterocycles. The molecule has 17 heavy (non-hydrogen) atoms. The average Bonchev–Trinajstić information content (AvgIpc) is 2.70. The van der Waals surface area contributed by atoms with E-state index in [9.17, 15) is 8.78 Å². The quantitative estimate of drug-likeness (QED) is 0.778. The van der Waals surface area contributed by atoms with Crippen LogP contribution in [-0.4, -0.2) is 40.8 Å². The van der Waals surface area contributed by atoms with Gasteiger partial charge in [0.1, 0.15) is 6.61 Å². The number of aromatic nitrogens is 3. The Morgan fingerprint density at radius 2 is 2.29 bits per heavy atom. The minimum Gasteiger partial charge on any atom is -0.374 e. The third-order valence-corrected chi connectivity index (χ3v) is 2.01. The molecule has 7 heteroatoms. The molecule has 2 aromatic rings. The molecule has 0 saturated carbocycles. The molecule has 2 rings (SSSR count). The van der Waals surface area contributed by atoms with Crippen molar-refractivity contribution in [2.75, 3.05) is 25.1 Å². The van der Waals surface area contributed by atoms with E-state index in [2.05, 4.69) is 15.4 Å². The number of rotatable bonds is 6. The van der Waals surface area contributed by atoms with Crippen LogP contribution in [0.1, 0.15) is 0 Å². The molecule has 2 heterocycles. The number of fused-ring (bicyclic) bond motifs is 1. The highest BCUT2D eigenvalue weighted by Gasteiger charge is 2.03. The maximum Gasteiger partial charge on any atom is 0.261 e. The standard InChI is InChI=1S/C10H12F2N4O/c11-8(12)7-17-6-4-13-10-14-9-3-1-2-5-16(9)15-10/h1-3,5,8H,4,6-7H2,(H,13,15). The van der Waals surface area contributed by atoms with Gasteiger partial charge >= 0.3 is 0 Å². The van der Waals surface area contributed by atoms with Crippen molar-refractivity contribution in [1.29, 1.82) is 0 Å². The summed E-state index contributed by atoms with van der Waals surface area (Å²) in [6.45, 7) is 0.0454. The van der Waals surface area contributed by atoms with Gasteiger partial charge in [-0.15, -0.1) is 5.10 Å². The first kappa shape index (κ1) is 11.7. The van der Waals surface area contributed by atoms with Crippen LogP contribution >= 0.6 is 0 Å². The molecule has 0 aliphatic rings. The second-order valence-corrected chi connectivity index (χ2v) is 3.33. The summed E-state index contributed by atoms with van der Waals surface area (Å²) < 4.78 is 29.8. The van der Waals surface area contributed by atoms with Gasteiger partial charge in [0.15, 0.2) is 5.65 Å². The second kappa shape index (κ2) is 5.53. The van der Waals surface area contributed by atoms with Crippen LogP contribution in [0.3, 0.4) is 0 Å². The lowest BCUT2D eigenvalue weighted by Gasteiger charge is -2.03. The summed E-state index contributed by atoms with van der Waals surface area (Å²) in [4.78, 5) is 4.18. The molecule has 0 amide bonds. The highest BCUT2D eigenvalue weighted by Crippen LogP contribution is 2.03. The summed E-state index contributed by atoms with van der Waals surface area (Å²) in [5.74, 6) is 0.455. The van der Waals surface area contributed by atoms with E-state index in [0.29, 0.717) is 12.5 Å². The molecule has 2 aromatic heterocycles. The highest BCUT2D eigenvalue weighted by molar-refractivity contribution is 5.42. The molecular formula is C10H12F2N4O. The predicted octanol–water partition coefficient (Wildman–Crippen LogP) is 1.42. The van der Waals surface area contributed by atoms with Gasteiger partial charge in [-0.2, -0.15) is 4.98 Å². The molecule has 0 aromatic carbocycles. The topological polar surface area (TPSA) is 51.5 Å². The summed E-state index contributed by atoms with van der Waals surface area (Å²) in [5.41, 5.74) is 0.725. The van der Waals surface area contributed by atoms with Gasteiger partial charge in [0.05, 0.1) is 6.61 Å². The number of halogens is 2. The van der Waals surface area contributed by atoms with E-state index in [1.807, 2.05) is 18.2 Å². The molecule has 0 aliphatic carbocycles. The van der Waals surface area contributed by atoms with E-state index in [0.717, 1.165) is 5.65 Å². The van der Waals surface area contributed by atoms with Crippen LogP contribution in [0.5, 0.6) is 0 Å². The molecular weight excluding hydrogens is 230 g/mol. The largest absolute Gasteiger partial charge is 0.374 e. The maximum absolute atomic E-state index is 11.8. The molecule has 0 radical (unpaired) electrons. The van der Waals surface area contributed by atoms with Crippen molar-refractivity contribution < 1.29 is 13.5 Å². The fraction of sp³-hybridized carbons (Fsp3) is 0.400. The van der Waals surface area contributed by atoms with Gasteiger partial charge in [-0.05, 0) is 12.1 Å². The summed E-state index contributed by atoms with van der Waals surface area (Å²) in [7, 11) is 0. The molecule has 0 unspecified atom stereocenters. The van der Waals surface area contributed by atoms with E-state index in [1.54, 1.807) is 10.7 Å². The molecule has 1 N–H and O–H groups in total. The maximum atomic E-state index is 11.8. The summed E-state index contributed by atoms with van der Waals surface area (Å²) in [5, 5.41) is 7.03. The zero-order chi connectivity index (χ0) is 12.1. The Kier molecular flexibility index (Phi) is 3.81. The normalized spacial score (nSPS) is 11.2. The Labute approximate surface area is 96.4 Å². The first-order valence-electron chi connectivity index (χ1n) is 5.17. The SMILES string of the molecule is FC(F)COCCNc1nc2ccccn2n1. The predicted molar refractivity (Wildman–Crippen MR) is 58.3 cm³/mol. The van der Waals surface area contributed by atoms with Crippen molar-refractivity contribution in [2.24, 2.45) is 0 Å². The zero-order valence-electron chi connectivity index (χ0n) is 9.01. The first-order valence-corrected chi connectivity index (χ1v) is 5.17. The smallest absolute Gasteiger partial charge is 0.261 e. The third kappa shape index (κ3) is 3.35. The number of hydrogen-bond acceptors (Lipinski definition) is 4. The number of nitrogens with one attached hydrogen (secondary N) is 1. The monoisotopic (exact) mass is 242 g/mol. The van der Waals surface area contributed by atoms with Crippen molar-refractivity contribution >= 4 is 11.6 Å². The van der Waals surface area contributed by atoms with Crippen molar-refractivity contribution in [3.05, 3.63) is 24.4 Å². The Bertz CT molecular complexity index is 441. The third-order valence-electron chi connectivity index (χ3n) is 2.01. The summed E-state index contributed by atoms with van der Waals surface area (Å²) >= 11 is 0. The van der Waals surface area contributed by atoms with E-state index in [4.69, 9.17) is 4.74 Å². The first-order chi connectivity index (χ1) is 8.25. The van der Waals surface area contributed by atoms with Gasteiger partial charge in [-0.3, -0.25) is 0 Å². The lowest BCUT2D eigenvalue weighted by atomic mass is 10.5. The fourth-order valence-corrected chi connectivity index (χ4v) is 1.31. The molecule has 0 bridgehead atoms. The lowest BCUT2D eigenvalue weighted by molar-refractivity contribution is 0.0214. The van der Waals surface area contributed by atoms with Gasteiger partial charge in [-0.1, -0.05) is 6.07 Å². The number of alkyl halides is 2. The number of nitrogens with zero attached hydrogens (tertiary/aromatic N) is 3. The minimum atomic E-state index is -2.43. The van der Waals surface area contributed by atoms with Crippen LogP contribution < -0.4 is 5.32 Å². The van der Waals surface area contributed by atoms with E-state index in [-0.39, 0.29) is 6.61 Å². The van der Waals surface area contributed by atoms with Crippen LogP contribution in [0.4, 0.5) is 14.7 Å². The molecule has 5 nitrogen and oxygen atoms in total. The van der Waals surface area contributed by atoms with Gasteiger partial charge in [-0.25, -0.2) is 13.3 Å². The highest BCUT2D eigenvalue weighted by atomic mass is 19.3. The molecule has 0 spiro atoms. The number of pyridine rings is 1. The van der Waals surface area contributed by atoms with Crippen molar-refractivity contribution in [1.82, 2.24) is 14.6 Å². The van der Waals surface area contributed by atoms with Gasteiger partial charge in [0.2, 0.25) is 5.95 Å². The minimum absolute atomic E-state index is 0.194. The zero-order valence-corrected chi connectivity index (χ0v) is 9.01. The number of ether oxygens (including phenoxy) is 1.